The minimum Gasteiger partial charge on any atom is -0.493 e. The largest absolute Gasteiger partial charge is 0.493 e. The third-order valence-electron chi connectivity index (χ3n) is 2.69. The number of aryl methyl sites for hydroxylation is 1. The Morgan fingerprint density at radius 1 is 1.19 bits per heavy atom. The van der Waals surface area contributed by atoms with Gasteiger partial charge in [0, 0.05) is 12.1 Å². The first-order valence-corrected chi connectivity index (χ1v) is 6.20. The maximum absolute atomic E-state index is 5.75. The number of hydrogen-bond acceptors (Lipinski definition) is 2. The molecule has 16 heavy (non-hydrogen) atoms. The zero-order chi connectivity index (χ0) is 11.8. The van der Waals surface area contributed by atoms with E-state index in [2.05, 4.69) is 26.0 Å². The second-order valence-corrected chi connectivity index (χ2v) is 4.22. The fourth-order valence-electron chi connectivity index (χ4n) is 1.72. The summed E-state index contributed by atoms with van der Waals surface area (Å²) in [5.74, 6) is 0.949. The van der Waals surface area contributed by atoms with Gasteiger partial charge in [-0.05, 0) is 19.4 Å². The molecule has 90 valence electrons. The van der Waals surface area contributed by atoms with Gasteiger partial charge in [0.1, 0.15) is 5.75 Å². The van der Waals surface area contributed by atoms with Crippen LogP contribution in [0.1, 0.15) is 43.7 Å². The maximum Gasteiger partial charge on any atom is 0.123 e. The molecule has 0 unspecified atom stereocenters. The Kier molecular flexibility index (Phi) is 5.94. The molecule has 0 fully saturated rings. The van der Waals surface area contributed by atoms with Gasteiger partial charge in [-0.15, -0.1) is 0 Å². The van der Waals surface area contributed by atoms with Gasteiger partial charge >= 0.3 is 0 Å². The molecule has 2 heteroatoms. The number of rotatable bonds is 7. The summed E-state index contributed by atoms with van der Waals surface area (Å²) < 4.78 is 5.75. The normalized spacial score (nSPS) is 10.4. The Morgan fingerprint density at radius 2 is 2.00 bits per heavy atom. The van der Waals surface area contributed by atoms with E-state index in [1.54, 1.807) is 0 Å². The minimum atomic E-state index is 0.548. The van der Waals surface area contributed by atoms with Gasteiger partial charge in [0.15, 0.2) is 0 Å². The zero-order valence-electron chi connectivity index (χ0n) is 10.5. The molecule has 2 N–H and O–H groups in total. The lowest BCUT2D eigenvalue weighted by Crippen LogP contribution is -2.04. The summed E-state index contributed by atoms with van der Waals surface area (Å²) in [6.45, 7) is 5.64. The molecule has 1 rings (SSSR count). The fraction of sp³-hybridized carbons (Fsp3) is 0.571. The van der Waals surface area contributed by atoms with Crippen LogP contribution in [0.15, 0.2) is 18.2 Å². The predicted octanol–water partition coefficient (Wildman–Crippen LogP) is 3.41. The van der Waals surface area contributed by atoms with Crippen LogP contribution < -0.4 is 10.5 Å². The second kappa shape index (κ2) is 7.29. The van der Waals surface area contributed by atoms with E-state index in [-0.39, 0.29) is 0 Å². The molecule has 0 aliphatic heterocycles. The van der Waals surface area contributed by atoms with Crippen LogP contribution in [0, 0.1) is 6.92 Å². The number of hydrogen-bond donors (Lipinski definition) is 1. The van der Waals surface area contributed by atoms with Crippen LogP contribution in [0.2, 0.25) is 0 Å². The molecule has 1 aromatic rings. The molecule has 0 radical (unpaired) electrons. The highest BCUT2D eigenvalue weighted by atomic mass is 16.5. The van der Waals surface area contributed by atoms with Crippen molar-refractivity contribution in [1.82, 2.24) is 0 Å². The Bertz CT molecular complexity index is 310. The van der Waals surface area contributed by atoms with Crippen molar-refractivity contribution in [3.63, 3.8) is 0 Å². The first kappa shape index (κ1) is 13.0. The van der Waals surface area contributed by atoms with Crippen molar-refractivity contribution in [2.75, 3.05) is 6.61 Å². The topological polar surface area (TPSA) is 35.2 Å². The average Bonchev–Trinajstić information content (AvgIpc) is 2.30. The molecule has 0 aliphatic carbocycles. The molecule has 0 bridgehead atoms. The smallest absolute Gasteiger partial charge is 0.123 e. The first-order chi connectivity index (χ1) is 7.77. The molecule has 0 aliphatic rings. The molecule has 0 atom stereocenters. The van der Waals surface area contributed by atoms with E-state index >= 15 is 0 Å². The standard InChI is InChI=1S/C14H23NO/c1-3-4-5-6-9-16-14-8-7-12(2)10-13(14)11-15/h7-8,10H,3-6,9,11,15H2,1-2H3. The third-order valence-corrected chi connectivity index (χ3v) is 2.69. The van der Waals surface area contributed by atoms with E-state index < -0.39 is 0 Å². The van der Waals surface area contributed by atoms with Gasteiger partial charge in [0.05, 0.1) is 6.61 Å². The van der Waals surface area contributed by atoms with Crippen molar-refractivity contribution in [2.24, 2.45) is 5.73 Å². The summed E-state index contributed by atoms with van der Waals surface area (Å²) in [6, 6.07) is 6.19. The molecule has 2 nitrogen and oxygen atoms in total. The van der Waals surface area contributed by atoms with Gasteiger partial charge in [-0.2, -0.15) is 0 Å². The van der Waals surface area contributed by atoms with Gasteiger partial charge in [-0.1, -0.05) is 43.9 Å². The number of nitrogens with two attached hydrogens (primary N) is 1. The molecular weight excluding hydrogens is 198 g/mol. The number of ether oxygens (including phenoxy) is 1. The molecule has 0 saturated carbocycles. The highest BCUT2D eigenvalue weighted by Crippen LogP contribution is 2.19. The van der Waals surface area contributed by atoms with Crippen LogP contribution in [-0.2, 0) is 6.54 Å². The van der Waals surface area contributed by atoms with Crippen LogP contribution >= 0.6 is 0 Å². The van der Waals surface area contributed by atoms with Crippen molar-refractivity contribution in [2.45, 2.75) is 46.1 Å². The lowest BCUT2D eigenvalue weighted by atomic mass is 10.1. The van der Waals surface area contributed by atoms with Crippen molar-refractivity contribution in [1.29, 1.82) is 0 Å². The van der Waals surface area contributed by atoms with Gasteiger partial charge in [0.2, 0.25) is 0 Å². The molecule has 0 heterocycles. The molecule has 0 saturated heterocycles. The molecule has 1 aromatic carbocycles. The maximum atomic E-state index is 5.75. The van der Waals surface area contributed by atoms with Crippen molar-refractivity contribution < 1.29 is 4.74 Å². The van der Waals surface area contributed by atoms with Gasteiger partial charge in [0.25, 0.3) is 0 Å². The Morgan fingerprint density at radius 3 is 2.69 bits per heavy atom. The zero-order valence-corrected chi connectivity index (χ0v) is 10.5. The van der Waals surface area contributed by atoms with Crippen LogP contribution in [0.3, 0.4) is 0 Å². The Balaban J connectivity index is 2.41. The Hall–Kier alpha value is -1.02. The monoisotopic (exact) mass is 221 g/mol. The molecule has 0 aromatic heterocycles. The number of benzene rings is 1. The van der Waals surface area contributed by atoms with Crippen molar-refractivity contribution in [3.05, 3.63) is 29.3 Å². The average molecular weight is 221 g/mol. The second-order valence-electron chi connectivity index (χ2n) is 4.22. The van der Waals surface area contributed by atoms with Crippen LogP contribution in [-0.4, -0.2) is 6.61 Å². The van der Waals surface area contributed by atoms with E-state index in [0.717, 1.165) is 24.3 Å². The van der Waals surface area contributed by atoms with Gasteiger partial charge < -0.3 is 10.5 Å². The minimum absolute atomic E-state index is 0.548. The SMILES string of the molecule is CCCCCCOc1ccc(C)cc1CN. The van der Waals surface area contributed by atoms with E-state index in [1.807, 2.05) is 6.07 Å². The molecular formula is C14H23NO. The van der Waals surface area contributed by atoms with Gasteiger partial charge in [-0.3, -0.25) is 0 Å². The highest BCUT2D eigenvalue weighted by Gasteiger charge is 2.01. The summed E-state index contributed by atoms with van der Waals surface area (Å²) in [6.07, 6.45) is 4.94. The fourth-order valence-corrected chi connectivity index (χ4v) is 1.72. The summed E-state index contributed by atoms with van der Waals surface area (Å²) >= 11 is 0. The highest BCUT2D eigenvalue weighted by molar-refractivity contribution is 5.36. The first-order valence-electron chi connectivity index (χ1n) is 6.20. The summed E-state index contributed by atoms with van der Waals surface area (Å²) in [5, 5.41) is 0. The van der Waals surface area contributed by atoms with Crippen LogP contribution in [0.25, 0.3) is 0 Å². The van der Waals surface area contributed by atoms with E-state index in [1.165, 1.54) is 24.8 Å². The van der Waals surface area contributed by atoms with E-state index in [9.17, 15) is 0 Å². The summed E-state index contributed by atoms with van der Waals surface area (Å²) in [5.41, 5.74) is 8.03. The van der Waals surface area contributed by atoms with E-state index in [4.69, 9.17) is 10.5 Å². The van der Waals surface area contributed by atoms with Crippen LogP contribution in [0.4, 0.5) is 0 Å². The Labute approximate surface area is 98.8 Å². The van der Waals surface area contributed by atoms with Gasteiger partial charge in [-0.25, -0.2) is 0 Å². The van der Waals surface area contributed by atoms with Crippen molar-refractivity contribution in [3.8, 4) is 5.75 Å². The lowest BCUT2D eigenvalue weighted by molar-refractivity contribution is 0.302. The third kappa shape index (κ3) is 4.23. The summed E-state index contributed by atoms with van der Waals surface area (Å²) in [4.78, 5) is 0. The molecule has 0 amide bonds. The number of unbranched alkanes of at least 4 members (excludes halogenated alkanes) is 3. The van der Waals surface area contributed by atoms with Crippen LogP contribution in [0.5, 0.6) is 5.75 Å². The quantitative estimate of drug-likeness (QED) is 0.716. The van der Waals surface area contributed by atoms with Crippen molar-refractivity contribution >= 4 is 0 Å². The summed E-state index contributed by atoms with van der Waals surface area (Å²) in [7, 11) is 0. The predicted molar refractivity (Wildman–Crippen MR) is 68.7 cm³/mol. The molecule has 0 spiro atoms. The lowest BCUT2D eigenvalue weighted by Gasteiger charge is -2.10. The van der Waals surface area contributed by atoms with E-state index in [0.29, 0.717) is 6.54 Å².